The minimum atomic E-state index is -4.60. The number of nitrogens with one attached hydrogen (secondary N) is 2. The fraction of sp³-hybridized carbons (Fsp3) is 0.318. The molecule has 180 valence electrons. The molecule has 0 aromatic carbocycles. The Balaban J connectivity index is 1.98. The molecule has 0 unspecified atom stereocenters. The molecule has 3 heterocycles. The standard InChI is InChI=1S/C22H23F3N6O3/c1-21(2,33)12-27-17-11-18(29-14-7-8-26-16(9-14)22(23,24)25)31-20(30-17)15-6-4-5-13(28-15)10-19(32)34-3/h4-9,11,33H,10,12H2,1-3H3,(H2,26,27,29,30,31). The second-order valence-electron chi connectivity index (χ2n) is 7.95. The molecule has 0 aliphatic carbocycles. The normalized spacial score (nSPS) is 11.7. The highest BCUT2D eigenvalue weighted by Gasteiger charge is 2.32. The second kappa shape index (κ2) is 10.00. The van der Waals surface area contributed by atoms with Crippen molar-refractivity contribution in [3.05, 3.63) is 54.0 Å². The van der Waals surface area contributed by atoms with Crippen LogP contribution in [0.25, 0.3) is 11.5 Å². The molecule has 0 atom stereocenters. The summed E-state index contributed by atoms with van der Waals surface area (Å²) in [7, 11) is 1.27. The van der Waals surface area contributed by atoms with Gasteiger partial charge in [0, 0.05) is 24.5 Å². The predicted molar refractivity (Wildman–Crippen MR) is 118 cm³/mol. The highest BCUT2D eigenvalue weighted by Crippen LogP contribution is 2.30. The topological polar surface area (TPSA) is 122 Å². The van der Waals surface area contributed by atoms with Crippen LogP contribution in [0.2, 0.25) is 0 Å². The van der Waals surface area contributed by atoms with Crippen LogP contribution in [0.5, 0.6) is 0 Å². The number of esters is 1. The van der Waals surface area contributed by atoms with Crippen LogP contribution >= 0.6 is 0 Å². The van der Waals surface area contributed by atoms with Crippen molar-refractivity contribution >= 4 is 23.3 Å². The Bertz CT molecular complexity index is 1170. The van der Waals surface area contributed by atoms with Crippen LogP contribution in [0.4, 0.5) is 30.5 Å². The Hall–Kier alpha value is -3.80. The summed E-state index contributed by atoms with van der Waals surface area (Å²) < 4.78 is 43.8. The van der Waals surface area contributed by atoms with E-state index < -0.39 is 23.4 Å². The van der Waals surface area contributed by atoms with E-state index in [2.05, 4.69) is 35.3 Å². The molecule has 0 bridgehead atoms. The molecular weight excluding hydrogens is 453 g/mol. The summed E-state index contributed by atoms with van der Waals surface area (Å²) in [4.78, 5) is 28.1. The zero-order chi connectivity index (χ0) is 24.9. The Morgan fingerprint density at radius 1 is 1.09 bits per heavy atom. The number of nitrogens with zero attached hydrogens (tertiary/aromatic N) is 4. The molecule has 9 nitrogen and oxygen atoms in total. The summed E-state index contributed by atoms with van der Waals surface area (Å²) in [5, 5.41) is 15.8. The van der Waals surface area contributed by atoms with Gasteiger partial charge in [0.15, 0.2) is 5.82 Å². The maximum Gasteiger partial charge on any atom is 0.433 e. The average molecular weight is 476 g/mol. The monoisotopic (exact) mass is 476 g/mol. The molecule has 0 fully saturated rings. The van der Waals surface area contributed by atoms with Gasteiger partial charge in [-0.1, -0.05) is 6.07 Å². The van der Waals surface area contributed by atoms with E-state index >= 15 is 0 Å². The number of halogens is 3. The number of hydrogen-bond donors (Lipinski definition) is 3. The predicted octanol–water partition coefficient (Wildman–Crippen LogP) is 3.59. The van der Waals surface area contributed by atoms with E-state index in [9.17, 15) is 23.1 Å². The van der Waals surface area contributed by atoms with E-state index in [1.807, 2.05) is 0 Å². The molecule has 0 radical (unpaired) electrons. The van der Waals surface area contributed by atoms with Gasteiger partial charge < -0.3 is 20.5 Å². The van der Waals surface area contributed by atoms with Gasteiger partial charge in [0.05, 0.1) is 24.8 Å². The van der Waals surface area contributed by atoms with Crippen molar-refractivity contribution in [2.45, 2.75) is 32.0 Å². The first-order valence-corrected chi connectivity index (χ1v) is 10.1. The second-order valence-corrected chi connectivity index (χ2v) is 7.95. The van der Waals surface area contributed by atoms with Gasteiger partial charge in [-0.2, -0.15) is 13.2 Å². The van der Waals surface area contributed by atoms with Crippen molar-refractivity contribution in [2.24, 2.45) is 0 Å². The first-order chi connectivity index (χ1) is 15.9. The lowest BCUT2D eigenvalue weighted by Crippen LogP contribution is -2.29. The number of pyridine rings is 2. The van der Waals surface area contributed by atoms with E-state index in [1.54, 1.807) is 32.0 Å². The van der Waals surface area contributed by atoms with Crippen LogP contribution in [0, 0.1) is 0 Å². The van der Waals surface area contributed by atoms with Crippen molar-refractivity contribution in [1.29, 1.82) is 0 Å². The quantitative estimate of drug-likeness (QED) is 0.419. The average Bonchev–Trinajstić information content (AvgIpc) is 2.77. The number of hydrogen-bond acceptors (Lipinski definition) is 9. The highest BCUT2D eigenvalue weighted by atomic mass is 19.4. The van der Waals surface area contributed by atoms with Gasteiger partial charge in [-0.25, -0.2) is 15.0 Å². The maximum atomic E-state index is 13.0. The van der Waals surface area contributed by atoms with Crippen LogP contribution in [-0.2, 0) is 22.1 Å². The first kappa shape index (κ1) is 24.8. The van der Waals surface area contributed by atoms with E-state index in [-0.39, 0.29) is 30.3 Å². The van der Waals surface area contributed by atoms with Gasteiger partial charge in [0.25, 0.3) is 0 Å². The lowest BCUT2D eigenvalue weighted by Gasteiger charge is -2.19. The lowest BCUT2D eigenvalue weighted by atomic mass is 10.1. The number of carbonyl (C=O) groups is 1. The number of methoxy groups -OCH3 is 1. The van der Waals surface area contributed by atoms with E-state index in [0.29, 0.717) is 17.2 Å². The summed E-state index contributed by atoms with van der Waals surface area (Å²) in [5.41, 5.74) is -1.22. The summed E-state index contributed by atoms with van der Waals surface area (Å²) in [5.74, 6) is 0.175. The van der Waals surface area contributed by atoms with Crippen molar-refractivity contribution in [3.63, 3.8) is 0 Å². The molecule has 0 spiro atoms. The smallest absolute Gasteiger partial charge is 0.433 e. The molecule has 12 heteroatoms. The Kier molecular flexibility index (Phi) is 7.30. The number of ether oxygens (including phenoxy) is 1. The zero-order valence-corrected chi connectivity index (χ0v) is 18.6. The van der Waals surface area contributed by atoms with Crippen LogP contribution in [0.15, 0.2) is 42.6 Å². The van der Waals surface area contributed by atoms with Crippen LogP contribution in [0.1, 0.15) is 25.2 Å². The maximum absolute atomic E-state index is 13.0. The number of rotatable bonds is 8. The van der Waals surface area contributed by atoms with Gasteiger partial charge in [0.2, 0.25) is 0 Å². The van der Waals surface area contributed by atoms with Crippen LogP contribution in [-0.4, -0.2) is 50.3 Å². The lowest BCUT2D eigenvalue weighted by molar-refractivity contribution is -0.141. The summed E-state index contributed by atoms with van der Waals surface area (Å²) >= 11 is 0. The number of alkyl halides is 3. The molecule has 0 aliphatic heterocycles. The molecule has 3 aromatic heterocycles. The van der Waals surface area contributed by atoms with Gasteiger partial charge in [-0.3, -0.25) is 9.78 Å². The molecule has 0 saturated carbocycles. The highest BCUT2D eigenvalue weighted by molar-refractivity contribution is 5.72. The Morgan fingerprint density at radius 3 is 2.50 bits per heavy atom. The van der Waals surface area contributed by atoms with Crippen molar-refractivity contribution in [1.82, 2.24) is 19.9 Å². The molecule has 0 saturated heterocycles. The van der Waals surface area contributed by atoms with Crippen LogP contribution < -0.4 is 10.6 Å². The SMILES string of the molecule is COC(=O)Cc1cccc(-c2nc(NCC(C)(C)O)cc(Nc3ccnc(C(F)(F)F)c3)n2)n1. The van der Waals surface area contributed by atoms with Crippen molar-refractivity contribution in [3.8, 4) is 11.5 Å². The van der Waals surface area contributed by atoms with Crippen molar-refractivity contribution < 1.29 is 27.8 Å². The van der Waals surface area contributed by atoms with Crippen LogP contribution in [0.3, 0.4) is 0 Å². The molecule has 34 heavy (non-hydrogen) atoms. The fourth-order valence-corrected chi connectivity index (χ4v) is 2.76. The third-order valence-corrected chi connectivity index (χ3v) is 4.34. The summed E-state index contributed by atoms with van der Waals surface area (Å²) in [6.07, 6.45) is -3.61. The number of carbonyl (C=O) groups excluding carboxylic acids is 1. The fourth-order valence-electron chi connectivity index (χ4n) is 2.76. The largest absolute Gasteiger partial charge is 0.469 e. The Labute approximate surface area is 193 Å². The molecular formula is C22H23F3N6O3. The molecule has 3 aromatic rings. The minimum Gasteiger partial charge on any atom is -0.469 e. The van der Waals surface area contributed by atoms with Gasteiger partial charge in [-0.15, -0.1) is 0 Å². The molecule has 3 rings (SSSR count). The third-order valence-electron chi connectivity index (χ3n) is 4.34. The minimum absolute atomic E-state index is 0.0523. The van der Waals surface area contributed by atoms with Gasteiger partial charge >= 0.3 is 12.1 Å². The number of anilines is 3. The first-order valence-electron chi connectivity index (χ1n) is 10.1. The van der Waals surface area contributed by atoms with Gasteiger partial charge in [-0.05, 0) is 38.1 Å². The molecule has 0 amide bonds. The van der Waals surface area contributed by atoms with Crippen molar-refractivity contribution in [2.75, 3.05) is 24.3 Å². The summed E-state index contributed by atoms with van der Waals surface area (Å²) in [6, 6.07) is 8.67. The molecule has 3 N–H and O–H groups in total. The number of aromatic nitrogens is 4. The van der Waals surface area contributed by atoms with E-state index in [0.717, 1.165) is 12.3 Å². The molecule has 0 aliphatic rings. The van der Waals surface area contributed by atoms with E-state index in [1.165, 1.54) is 19.2 Å². The summed E-state index contributed by atoms with van der Waals surface area (Å²) in [6.45, 7) is 3.36. The van der Waals surface area contributed by atoms with E-state index in [4.69, 9.17) is 0 Å². The zero-order valence-electron chi connectivity index (χ0n) is 18.6. The third kappa shape index (κ3) is 7.10. The number of aliphatic hydroxyl groups is 1. The Morgan fingerprint density at radius 2 is 1.82 bits per heavy atom. The van der Waals surface area contributed by atoms with Gasteiger partial charge in [0.1, 0.15) is 23.0 Å².